The minimum absolute atomic E-state index is 0.530. The van der Waals surface area contributed by atoms with E-state index in [-0.39, 0.29) is 0 Å². The van der Waals surface area contributed by atoms with Crippen molar-refractivity contribution < 1.29 is 0 Å². The number of pyridine rings is 1. The molecule has 0 spiro atoms. The van der Waals surface area contributed by atoms with Crippen LogP contribution < -0.4 is 5.32 Å². The summed E-state index contributed by atoms with van der Waals surface area (Å²) in [4.78, 5) is 4.37. The molecule has 2 nitrogen and oxygen atoms in total. The first-order valence-corrected chi connectivity index (χ1v) is 6.69. The average molecular weight is 283 g/mol. The van der Waals surface area contributed by atoms with Gasteiger partial charge >= 0.3 is 0 Å². The lowest BCUT2D eigenvalue weighted by Gasteiger charge is -2.20. The minimum Gasteiger partial charge on any atom is -0.370 e. The molecule has 0 unspecified atom stereocenters. The number of nitrogens with zero attached hydrogens (tertiary/aromatic N) is 1. The lowest BCUT2D eigenvalue weighted by atomic mass is 9.92. The Balaban J connectivity index is 1.97. The molecule has 0 atom stereocenters. The van der Waals surface area contributed by atoms with E-state index in [2.05, 4.69) is 53.1 Å². The van der Waals surface area contributed by atoms with E-state index >= 15 is 0 Å². The Morgan fingerprint density at radius 3 is 2.69 bits per heavy atom. The molecule has 2 rings (SSSR count). The van der Waals surface area contributed by atoms with E-state index in [1.54, 1.807) is 0 Å². The van der Waals surface area contributed by atoms with Crippen molar-refractivity contribution in [3.05, 3.63) is 22.3 Å². The first-order valence-electron chi connectivity index (χ1n) is 5.89. The van der Waals surface area contributed by atoms with E-state index in [1.165, 1.54) is 18.4 Å². The molecule has 1 aliphatic carbocycles. The molecule has 88 valence electrons. The third-order valence-electron chi connectivity index (χ3n) is 3.79. The molecular weight excluding hydrogens is 264 g/mol. The smallest absolute Gasteiger partial charge is 0.126 e. The number of rotatable bonds is 4. The topological polar surface area (TPSA) is 24.9 Å². The van der Waals surface area contributed by atoms with Crippen LogP contribution in [-0.2, 0) is 0 Å². The molecule has 0 bridgehead atoms. The number of hydrogen-bond donors (Lipinski definition) is 1. The van der Waals surface area contributed by atoms with Gasteiger partial charge in [0.1, 0.15) is 5.82 Å². The summed E-state index contributed by atoms with van der Waals surface area (Å²) in [5, 5.41) is 3.46. The summed E-state index contributed by atoms with van der Waals surface area (Å²) in [5.74, 6) is 1.75. The predicted octanol–water partition coefficient (Wildman–Crippen LogP) is 4.00. The zero-order valence-electron chi connectivity index (χ0n) is 10.2. The third-order valence-corrected chi connectivity index (χ3v) is 4.62. The van der Waals surface area contributed by atoms with Crippen LogP contribution in [0.4, 0.5) is 5.82 Å². The molecule has 1 aromatic rings. The van der Waals surface area contributed by atoms with Crippen LogP contribution in [0.1, 0.15) is 32.3 Å². The third kappa shape index (κ3) is 2.40. The molecule has 0 saturated heterocycles. The fourth-order valence-electron chi connectivity index (χ4n) is 2.02. The van der Waals surface area contributed by atoms with Crippen LogP contribution in [0.15, 0.2) is 16.7 Å². The quantitative estimate of drug-likeness (QED) is 0.903. The van der Waals surface area contributed by atoms with Crippen molar-refractivity contribution >= 4 is 21.7 Å². The Labute approximate surface area is 106 Å². The van der Waals surface area contributed by atoms with Crippen molar-refractivity contribution in [2.75, 3.05) is 11.9 Å². The number of aromatic nitrogens is 1. The number of hydrogen-bond acceptors (Lipinski definition) is 2. The fourth-order valence-corrected chi connectivity index (χ4v) is 2.24. The molecule has 3 heteroatoms. The van der Waals surface area contributed by atoms with E-state index in [0.29, 0.717) is 5.41 Å². The molecule has 0 aromatic carbocycles. The highest BCUT2D eigenvalue weighted by Gasteiger charge is 2.44. The van der Waals surface area contributed by atoms with E-state index in [1.807, 2.05) is 6.20 Å². The summed E-state index contributed by atoms with van der Waals surface area (Å²) < 4.78 is 1.07. The molecule has 1 N–H and O–H groups in total. The van der Waals surface area contributed by atoms with Gasteiger partial charge in [-0.25, -0.2) is 4.98 Å². The Bertz CT molecular complexity index is 384. The van der Waals surface area contributed by atoms with Crippen LogP contribution in [0.3, 0.4) is 0 Å². The van der Waals surface area contributed by atoms with Gasteiger partial charge in [-0.2, -0.15) is 0 Å². The Morgan fingerprint density at radius 1 is 1.50 bits per heavy atom. The van der Waals surface area contributed by atoms with Gasteiger partial charge in [0, 0.05) is 17.2 Å². The van der Waals surface area contributed by atoms with Crippen LogP contribution in [0.5, 0.6) is 0 Å². The number of anilines is 1. The second kappa shape index (κ2) is 4.36. The monoisotopic (exact) mass is 282 g/mol. The number of nitrogens with one attached hydrogen (secondary N) is 1. The highest BCUT2D eigenvalue weighted by atomic mass is 79.9. The standard InChI is InChI=1S/C13H19BrN2/c1-9(2)13(4-5-13)8-16-12-6-10(3)11(14)7-15-12/h6-7,9H,4-5,8H2,1-3H3,(H,15,16). The molecule has 0 aliphatic heterocycles. The maximum Gasteiger partial charge on any atom is 0.126 e. The van der Waals surface area contributed by atoms with Crippen LogP contribution >= 0.6 is 15.9 Å². The number of halogens is 1. The summed E-state index contributed by atoms with van der Waals surface area (Å²) in [6, 6.07) is 2.10. The van der Waals surface area contributed by atoms with Crippen LogP contribution in [0, 0.1) is 18.3 Å². The fraction of sp³-hybridized carbons (Fsp3) is 0.615. The number of aryl methyl sites for hydroxylation is 1. The Kier molecular flexibility index (Phi) is 3.24. The second-order valence-electron chi connectivity index (χ2n) is 5.19. The maximum atomic E-state index is 4.37. The van der Waals surface area contributed by atoms with Gasteiger partial charge in [0.15, 0.2) is 0 Å². The summed E-state index contributed by atoms with van der Waals surface area (Å²) in [6.07, 6.45) is 4.58. The molecule has 16 heavy (non-hydrogen) atoms. The van der Waals surface area contributed by atoms with Crippen molar-refractivity contribution in [1.82, 2.24) is 4.98 Å². The average Bonchev–Trinajstić information content (AvgIpc) is 3.01. The van der Waals surface area contributed by atoms with E-state index in [4.69, 9.17) is 0 Å². The van der Waals surface area contributed by atoms with E-state index in [9.17, 15) is 0 Å². The first kappa shape index (κ1) is 11.9. The largest absolute Gasteiger partial charge is 0.370 e. The normalized spacial score (nSPS) is 17.6. The van der Waals surface area contributed by atoms with Crippen molar-refractivity contribution in [3.8, 4) is 0 Å². The minimum atomic E-state index is 0.530. The lowest BCUT2D eigenvalue weighted by Crippen LogP contribution is -2.21. The maximum absolute atomic E-state index is 4.37. The van der Waals surface area contributed by atoms with Crippen molar-refractivity contribution in [3.63, 3.8) is 0 Å². The van der Waals surface area contributed by atoms with Crippen LogP contribution in [0.25, 0.3) is 0 Å². The SMILES string of the molecule is Cc1cc(NCC2(C(C)C)CC2)ncc1Br. The second-order valence-corrected chi connectivity index (χ2v) is 6.04. The predicted molar refractivity (Wildman–Crippen MR) is 71.7 cm³/mol. The highest BCUT2D eigenvalue weighted by Crippen LogP contribution is 2.51. The summed E-state index contributed by atoms with van der Waals surface area (Å²) in [6.45, 7) is 7.77. The highest BCUT2D eigenvalue weighted by molar-refractivity contribution is 9.10. The molecule has 1 heterocycles. The zero-order valence-corrected chi connectivity index (χ0v) is 11.8. The van der Waals surface area contributed by atoms with Gasteiger partial charge in [-0.3, -0.25) is 0 Å². The molecule has 0 radical (unpaired) electrons. The van der Waals surface area contributed by atoms with Crippen molar-refractivity contribution in [1.29, 1.82) is 0 Å². The Hall–Kier alpha value is -0.570. The summed E-state index contributed by atoms with van der Waals surface area (Å²) >= 11 is 3.47. The molecule has 1 aromatic heterocycles. The molecule has 1 fully saturated rings. The van der Waals surface area contributed by atoms with Gasteiger partial charge in [-0.1, -0.05) is 13.8 Å². The van der Waals surface area contributed by atoms with Crippen molar-refractivity contribution in [2.24, 2.45) is 11.3 Å². The van der Waals surface area contributed by atoms with Gasteiger partial charge in [0.25, 0.3) is 0 Å². The zero-order chi connectivity index (χ0) is 11.8. The molecule has 0 amide bonds. The molecule has 1 aliphatic rings. The van der Waals surface area contributed by atoms with Gasteiger partial charge < -0.3 is 5.32 Å². The van der Waals surface area contributed by atoms with E-state index in [0.717, 1.165) is 22.8 Å². The first-order chi connectivity index (χ1) is 7.53. The van der Waals surface area contributed by atoms with Crippen molar-refractivity contribution in [2.45, 2.75) is 33.6 Å². The van der Waals surface area contributed by atoms with E-state index < -0.39 is 0 Å². The van der Waals surface area contributed by atoms with Gasteiger partial charge in [0.2, 0.25) is 0 Å². The molecular formula is C13H19BrN2. The van der Waals surface area contributed by atoms with Gasteiger partial charge in [-0.05, 0) is 58.7 Å². The Morgan fingerprint density at radius 2 is 2.19 bits per heavy atom. The molecule has 1 saturated carbocycles. The van der Waals surface area contributed by atoms with Gasteiger partial charge in [0.05, 0.1) is 0 Å². The summed E-state index contributed by atoms with van der Waals surface area (Å²) in [5.41, 5.74) is 1.76. The van der Waals surface area contributed by atoms with Crippen LogP contribution in [0.2, 0.25) is 0 Å². The van der Waals surface area contributed by atoms with Gasteiger partial charge in [-0.15, -0.1) is 0 Å². The lowest BCUT2D eigenvalue weighted by molar-refractivity contribution is 0.380. The summed E-state index contributed by atoms with van der Waals surface area (Å²) in [7, 11) is 0. The van der Waals surface area contributed by atoms with Crippen LogP contribution in [-0.4, -0.2) is 11.5 Å².